The molecule has 0 radical (unpaired) electrons. The summed E-state index contributed by atoms with van der Waals surface area (Å²) in [6.07, 6.45) is 15.4. The van der Waals surface area contributed by atoms with Gasteiger partial charge in [0.05, 0.1) is 26.1 Å². The number of halogens is 1. The van der Waals surface area contributed by atoms with E-state index in [0.717, 1.165) is 38.1 Å². The first-order valence-corrected chi connectivity index (χ1v) is 13.2. The lowest BCUT2D eigenvalue weighted by atomic mass is 9.47. The minimum absolute atomic E-state index is 0. The van der Waals surface area contributed by atoms with Crippen LogP contribution < -0.4 is 17.3 Å². The van der Waals surface area contributed by atoms with Crippen LogP contribution in [0.1, 0.15) is 90.9 Å². The highest BCUT2D eigenvalue weighted by Gasteiger charge is 2.59. The fourth-order valence-corrected chi connectivity index (χ4v) is 8.50. The van der Waals surface area contributed by atoms with Crippen molar-refractivity contribution in [2.45, 2.75) is 97.0 Å². The van der Waals surface area contributed by atoms with Crippen LogP contribution in [0.5, 0.6) is 0 Å². The summed E-state index contributed by atoms with van der Waals surface area (Å²) in [7, 11) is 0. The van der Waals surface area contributed by atoms with Gasteiger partial charge < -0.3 is 22.0 Å². The minimum Gasteiger partial charge on any atom is -1.00 e. The molecule has 1 saturated heterocycles. The summed E-state index contributed by atoms with van der Waals surface area (Å²) in [5, 5.41) is 0. The number of carbonyl (C=O) groups is 2. The van der Waals surface area contributed by atoms with E-state index in [2.05, 4.69) is 13.8 Å². The number of ether oxygens (including phenoxy) is 1. The molecule has 4 fully saturated rings. The molecule has 0 aromatic rings. The zero-order valence-electron chi connectivity index (χ0n) is 20.1. The molecule has 0 bridgehead atoms. The maximum Gasteiger partial charge on any atom is 0.311 e. The quantitative estimate of drug-likeness (QED) is 0.630. The lowest BCUT2D eigenvalue weighted by molar-refractivity contribution is -0.904. The van der Waals surface area contributed by atoms with Gasteiger partial charge in [0.15, 0.2) is 5.78 Å². The molecule has 4 nitrogen and oxygen atoms in total. The Morgan fingerprint density at radius 3 is 2.59 bits per heavy atom. The van der Waals surface area contributed by atoms with Crippen molar-refractivity contribution >= 4 is 11.8 Å². The van der Waals surface area contributed by atoms with Crippen LogP contribution in [0.4, 0.5) is 0 Å². The molecule has 5 heteroatoms. The summed E-state index contributed by atoms with van der Waals surface area (Å²) < 4.78 is 6.19. The maximum atomic E-state index is 12.7. The maximum absolute atomic E-state index is 12.7. The van der Waals surface area contributed by atoms with E-state index in [1.54, 1.807) is 4.90 Å². The van der Waals surface area contributed by atoms with Crippen molar-refractivity contribution < 1.29 is 31.6 Å². The molecule has 180 valence electrons. The molecule has 5 aliphatic rings. The number of carbonyl (C=O) groups excluding carboxylic acids is 2. The van der Waals surface area contributed by atoms with Crippen LogP contribution in [0.15, 0.2) is 11.6 Å². The molecule has 1 heterocycles. The van der Waals surface area contributed by atoms with Crippen molar-refractivity contribution in [3.63, 3.8) is 0 Å². The SMILES string of the molecule is CC12CCC(=O)C=C1CCC1C2CCC2(C)C(OC(=O)CC[NH+]3CCCCC3)CCC12.[Cl-]. The van der Waals surface area contributed by atoms with Crippen molar-refractivity contribution in [1.82, 2.24) is 0 Å². The molecule has 0 spiro atoms. The van der Waals surface area contributed by atoms with Crippen LogP contribution in [-0.4, -0.2) is 37.5 Å². The van der Waals surface area contributed by atoms with E-state index in [4.69, 9.17) is 4.74 Å². The third kappa shape index (κ3) is 4.19. The third-order valence-electron chi connectivity index (χ3n) is 10.4. The number of hydrogen-bond donors (Lipinski definition) is 1. The van der Waals surface area contributed by atoms with E-state index in [-0.39, 0.29) is 35.3 Å². The molecule has 0 aromatic heterocycles. The molecule has 32 heavy (non-hydrogen) atoms. The number of allylic oxidation sites excluding steroid dienone is 1. The monoisotopic (exact) mass is 463 g/mol. The first-order chi connectivity index (χ1) is 14.9. The highest BCUT2D eigenvalue weighted by Crippen LogP contribution is 2.65. The van der Waals surface area contributed by atoms with Crippen molar-refractivity contribution in [3.8, 4) is 0 Å². The van der Waals surface area contributed by atoms with Gasteiger partial charge in [-0.05, 0) is 93.5 Å². The molecule has 6 unspecified atom stereocenters. The number of rotatable bonds is 4. The minimum atomic E-state index is 0. The van der Waals surface area contributed by atoms with Gasteiger partial charge in [-0.2, -0.15) is 0 Å². The van der Waals surface area contributed by atoms with Gasteiger partial charge in [0.1, 0.15) is 6.10 Å². The molecular weight excluding hydrogens is 422 g/mol. The molecule has 6 atom stereocenters. The summed E-state index contributed by atoms with van der Waals surface area (Å²) in [6, 6.07) is 0. The standard InChI is InChI=1S/C27H41NO3.ClH/c1-26-13-10-20(29)18-19(26)6-7-21-22-8-9-24(27(22,2)14-11-23(21)26)31-25(30)12-17-28-15-4-3-5-16-28;/h18,21-24H,3-17H2,1-2H3;1H. The summed E-state index contributed by atoms with van der Waals surface area (Å²) >= 11 is 0. The van der Waals surface area contributed by atoms with Gasteiger partial charge in [-0.3, -0.25) is 9.59 Å². The summed E-state index contributed by atoms with van der Waals surface area (Å²) in [4.78, 5) is 26.4. The van der Waals surface area contributed by atoms with Gasteiger partial charge in [-0.15, -0.1) is 0 Å². The Labute approximate surface area is 200 Å². The number of ketones is 1. The van der Waals surface area contributed by atoms with Crippen molar-refractivity contribution in [3.05, 3.63) is 11.6 Å². The van der Waals surface area contributed by atoms with Crippen molar-refractivity contribution in [2.75, 3.05) is 19.6 Å². The molecular formula is C27H42ClNO3. The highest BCUT2D eigenvalue weighted by molar-refractivity contribution is 5.91. The van der Waals surface area contributed by atoms with Crippen LogP contribution in [0, 0.1) is 28.6 Å². The normalized spacial score (nSPS) is 41.6. The number of fused-ring (bicyclic) bond motifs is 5. The Morgan fingerprint density at radius 2 is 1.81 bits per heavy atom. The average Bonchev–Trinajstić information content (AvgIpc) is 3.10. The van der Waals surface area contributed by atoms with Crippen molar-refractivity contribution in [1.29, 1.82) is 0 Å². The first-order valence-electron chi connectivity index (χ1n) is 13.2. The third-order valence-corrected chi connectivity index (χ3v) is 10.4. The number of hydrogen-bond acceptors (Lipinski definition) is 3. The smallest absolute Gasteiger partial charge is 0.311 e. The fourth-order valence-electron chi connectivity index (χ4n) is 8.50. The lowest BCUT2D eigenvalue weighted by Crippen LogP contribution is -3.12. The summed E-state index contributed by atoms with van der Waals surface area (Å²) in [5.41, 5.74) is 1.82. The van der Waals surface area contributed by atoms with Crippen LogP contribution in [-0.2, 0) is 14.3 Å². The number of esters is 1. The van der Waals surface area contributed by atoms with Gasteiger partial charge >= 0.3 is 5.97 Å². The Morgan fingerprint density at radius 1 is 1.03 bits per heavy atom. The Kier molecular flexibility index (Phi) is 7.13. The van der Waals surface area contributed by atoms with Gasteiger partial charge in [0, 0.05) is 11.8 Å². The number of piperidine rings is 1. The first kappa shape index (κ1) is 24.3. The van der Waals surface area contributed by atoms with E-state index in [1.807, 2.05) is 6.08 Å². The summed E-state index contributed by atoms with van der Waals surface area (Å²) in [6.45, 7) is 8.26. The zero-order valence-corrected chi connectivity index (χ0v) is 20.9. The number of likely N-dealkylation sites (tertiary alicyclic amines) is 1. The van der Waals surface area contributed by atoms with Crippen LogP contribution in [0.3, 0.4) is 0 Å². The van der Waals surface area contributed by atoms with E-state index < -0.39 is 0 Å². The van der Waals surface area contributed by atoms with E-state index in [0.29, 0.717) is 24.0 Å². The number of nitrogens with one attached hydrogen (secondary N) is 1. The predicted molar refractivity (Wildman–Crippen MR) is 121 cm³/mol. The predicted octanol–water partition coefficient (Wildman–Crippen LogP) is 0.893. The van der Waals surface area contributed by atoms with Gasteiger partial charge in [0.2, 0.25) is 0 Å². The Hall–Kier alpha value is -0.870. The second-order valence-corrected chi connectivity index (χ2v) is 11.9. The molecule has 4 aliphatic carbocycles. The molecule has 0 amide bonds. The van der Waals surface area contributed by atoms with Crippen LogP contribution in [0.2, 0.25) is 0 Å². The molecule has 1 N–H and O–H groups in total. The zero-order chi connectivity index (χ0) is 21.6. The second kappa shape index (κ2) is 9.41. The van der Waals surface area contributed by atoms with Crippen LogP contribution in [0.25, 0.3) is 0 Å². The van der Waals surface area contributed by atoms with E-state index in [1.165, 1.54) is 63.6 Å². The van der Waals surface area contributed by atoms with E-state index >= 15 is 0 Å². The van der Waals surface area contributed by atoms with Gasteiger partial charge in [-0.25, -0.2) is 0 Å². The second-order valence-electron chi connectivity index (χ2n) is 11.9. The van der Waals surface area contributed by atoms with Crippen molar-refractivity contribution in [2.24, 2.45) is 28.6 Å². The lowest BCUT2D eigenvalue weighted by Gasteiger charge is -2.57. The highest BCUT2D eigenvalue weighted by atomic mass is 35.5. The van der Waals surface area contributed by atoms with E-state index in [9.17, 15) is 9.59 Å². The molecule has 0 aromatic carbocycles. The molecule has 3 saturated carbocycles. The fraction of sp³-hybridized carbons (Fsp3) is 0.852. The average molecular weight is 464 g/mol. The number of quaternary nitrogens is 1. The largest absolute Gasteiger partial charge is 1.00 e. The molecule has 5 rings (SSSR count). The summed E-state index contributed by atoms with van der Waals surface area (Å²) in [5.74, 6) is 2.49. The Balaban J connectivity index is 0.00000245. The van der Waals surface area contributed by atoms with Gasteiger partial charge in [0.25, 0.3) is 0 Å². The van der Waals surface area contributed by atoms with Crippen LogP contribution >= 0.6 is 0 Å². The molecule has 1 aliphatic heterocycles. The Bertz CT molecular complexity index is 760. The topological polar surface area (TPSA) is 47.8 Å². The van der Waals surface area contributed by atoms with Gasteiger partial charge in [-0.1, -0.05) is 19.4 Å².